The van der Waals surface area contributed by atoms with Gasteiger partial charge in [0.25, 0.3) is 0 Å². The van der Waals surface area contributed by atoms with Crippen LogP contribution >= 0.6 is 0 Å². The minimum Gasteiger partial charge on any atom is -0.513 e. The molecule has 0 bridgehead atoms. The molecule has 0 atom stereocenters. The number of unbranched alkanes of at least 4 members (excludes halogenated alkanes) is 16. The lowest BCUT2D eigenvalue weighted by molar-refractivity contribution is 0.282. The molecule has 150 valence electrons. The molecule has 0 spiro atoms. The van der Waals surface area contributed by atoms with E-state index < -0.39 is 0 Å². The molecule has 0 saturated carbocycles. The molecule has 0 heterocycles. The molecule has 0 aromatic rings. The zero-order valence-electron chi connectivity index (χ0n) is 17.1. The molecule has 0 aromatic carbocycles. The molecule has 1 aliphatic carbocycles. The van der Waals surface area contributed by atoms with E-state index in [1.807, 2.05) is 6.08 Å². The lowest BCUT2D eigenvalue weighted by atomic mass is 10.0. The Balaban J connectivity index is 0.000000972. The summed E-state index contributed by atoms with van der Waals surface area (Å²) in [6.45, 7) is 2.66. The monoisotopic (exact) mass is 354 g/mol. The van der Waals surface area contributed by atoms with Gasteiger partial charge in [0.15, 0.2) is 0 Å². The Morgan fingerprint density at radius 1 is 0.640 bits per heavy atom. The molecule has 1 aliphatic rings. The highest BCUT2D eigenvalue weighted by molar-refractivity contribution is 5.01. The second-order valence-corrected chi connectivity index (χ2v) is 7.61. The van der Waals surface area contributed by atoms with Crippen LogP contribution in [0.15, 0.2) is 11.8 Å². The van der Waals surface area contributed by atoms with Crippen LogP contribution in [0.25, 0.3) is 0 Å². The van der Waals surface area contributed by atoms with E-state index in [4.69, 9.17) is 10.2 Å². The maximum atomic E-state index is 8.68. The standard InChI is InChI=1S/C19H40O.C4H6O/c1-2-3-4-5-6-7-8-9-10-11-12-13-14-15-16-17-18-19-20;5-4-2-1-3-4/h20H,2-19H2,1H3;2,5H,1,3H2. The van der Waals surface area contributed by atoms with Gasteiger partial charge in [0.2, 0.25) is 0 Å². The van der Waals surface area contributed by atoms with Gasteiger partial charge in [0, 0.05) is 13.0 Å². The molecule has 0 amide bonds. The Morgan fingerprint density at radius 2 is 0.920 bits per heavy atom. The summed E-state index contributed by atoms with van der Waals surface area (Å²) in [6.07, 6.45) is 27.5. The van der Waals surface area contributed by atoms with Crippen molar-refractivity contribution in [2.24, 2.45) is 0 Å². The van der Waals surface area contributed by atoms with E-state index in [2.05, 4.69) is 6.92 Å². The summed E-state index contributed by atoms with van der Waals surface area (Å²) < 4.78 is 0. The lowest BCUT2D eigenvalue weighted by Gasteiger charge is -2.03. The Morgan fingerprint density at radius 3 is 1.12 bits per heavy atom. The fourth-order valence-corrected chi connectivity index (χ4v) is 3.11. The van der Waals surface area contributed by atoms with Gasteiger partial charge in [0.1, 0.15) is 0 Å². The first-order valence-corrected chi connectivity index (χ1v) is 11.3. The molecule has 0 radical (unpaired) electrons. The van der Waals surface area contributed by atoms with Gasteiger partial charge < -0.3 is 10.2 Å². The molecule has 2 heteroatoms. The molecule has 0 aliphatic heterocycles. The SMILES string of the molecule is CCCCCCCCCCCCCCCCCCCO.OC1=CCC1. The van der Waals surface area contributed by atoms with Crippen molar-refractivity contribution in [1.29, 1.82) is 0 Å². The molecule has 0 unspecified atom stereocenters. The summed E-state index contributed by atoms with van der Waals surface area (Å²) in [6, 6.07) is 0. The van der Waals surface area contributed by atoms with Gasteiger partial charge in [-0.1, -0.05) is 110 Å². The highest BCUT2D eigenvalue weighted by atomic mass is 16.3. The first-order chi connectivity index (χ1) is 12.3. The molecular weight excluding hydrogens is 308 g/mol. The predicted molar refractivity (Wildman–Crippen MR) is 111 cm³/mol. The zero-order valence-corrected chi connectivity index (χ0v) is 17.1. The van der Waals surface area contributed by atoms with Gasteiger partial charge in [-0.3, -0.25) is 0 Å². The first kappa shape index (κ1) is 24.5. The smallest absolute Gasteiger partial charge is 0.0886 e. The Bertz CT molecular complexity index is 255. The minimum absolute atomic E-state index is 0.374. The molecule has 0 fully saturated rings. The molecule has 1 rings (SSSR count). The fourth-order valence-electron chi connectivity index (χ4n) is 3.11. The van der Waals surface area contributed by atoms with E-state index >= 15 is 0 Å². The van der Waals surface area contributed by atoms with E-state index in [-0.39, 0.29) is 0 Å². The number of aliphatic hydroxyl groups is 2. The Labute approximate surface area is 158 Å². The number of rotatable bonds is 17. The quantitative estimate of drug-likeness (QED) is 0.261. The van der Waals surface area contributed by atoms with Crippen molar-refractivity contribution in [3.05, 3.63) is 11.8 Å². The first-order valence-electron chi connectivity index (χ1n) is 11.3. The van der Waals surface area contributed by atoms with E-state index in [1.165, 1.54) is 103 Å². The maximum absolute atomic E-state index is 8.68. The molecule has 0 saturated heterocycles. The highest BCUT2D eigenvalue weighted by Crippen LogP contribution is 2.14. The number of hydrogen-bond acceptors (Lipinski definition) is 2. The van der Waals surface area contributed by atoms with Gasteiger partial charge in [-0.05, 0) is 18.9 Å². The van der Waals surface area contributed by atoms with Gasteiger partial charge in [-0.15, -0.1) is 0 Å². The maximum Gasteiger partial charge on any atom is 0.0886 e. The highest BCUT2D eigenvalue weighted by Gasteiger charge is 1.98. The van der Waals surface area contributed by atoms with Crippen LogP contribution < -0.4 is 0 Å². The van der Waals surface area contributed by atoms with E-state index in [0.29, 0.717) is 12.4 Å². The summed E-state index contributed by atoms with van der Waals surface area (Å²) in [7, 11) is 0. The zero-order chi connectivity index (χ0) is 18.4. The average Bonchev–Trinajstić information content (AvgIpc) is 2.60. The summed E-state index contributed by atoms with van der Waals surface area (Å²) >= 11 is 0. The molecule has 2 N–H and O–H groups in total. The minimum atomic E-state index is 0.374. The van der Waals surface area contributed by atoms with Crippen molar-refractivity contribution >= 4 is 0 Å². The molecular formula is C23H46O2. The third kappa shape index (κ3) is 21.5. The van der Waals surface area contributed by atoms with E-state index in [0.717, 1.165) is 19.3 Å². The van der Waals surface area contributed by atoms with Crippen LogP contribution in [0.4, 0.5) is 0 Å². The second kappa shape index (κ2) is 21.5. The second-order valence-electron chi connectivity index (χ2n) is 7.61. The summed E-state index contributed by atoms with van der Waals surface area (Å²) in [4.78, 5) is 0. The van der Waals surface area contributed by atoms with Crippen LogP contribution in [0.3, 0.4) is 0 Å². The van der Waals surface area contributed by atoms with E-state index in [1.54, 1.807) is 0 Å². The van der Waals surface area contributed by atoms with Crippen molar-refractivity contribution in [2.45, 2.75) is 129 Å². The largest absolute Gasteiger partial charge is 0.513 e. The summed E-state index contributed by atoms with van der Waals surface area (Å²) in [5.41, 5.74) is 0. The number of aliphatic hydroxyl groups excluding tert-OH is 2. The van der Waals surface area contributed by atoms with Crippen molar-refractivity contribution in [2.75, 3.05) is 6.61 Å². The fraction of sp³-hybridized carbons (Fsp3) is 0.913. The molecule has 2 nitrogen and oxygen atoms in total. The van der Waals surface area contributed by atoms with Crippen molar-refractivity contribution in [3.63, 3.8) is 0 Å². The predicted octanol–water partition coefficient (Wildman–Crippen LogP) is 7.85. The van der Waals surface area contributed by atoms with Gasteiger partial charge >= 0.3 is 0 Å². The van der Waals surface area contributed by atoms with Crippen LogP contribution in [-0.2, 0) is 0 Å². The number of allylic oxidation sites excluding steroid dienone is 2. The van der Waals surface area contributed by atoms with Crippen LogP contribution in [0, 0.1) is 0 Å². The van der Waals surface area contributed by atoms with Crippen molar-refractivity contribution < 1.29 is 10.2 Å². The van der Waals surface area contributed by atoms with Crippen LogP contribution in [-0.4, -0.2) is 16.8 Å². The van der Waals surface area contributed by atoms with Crippen LogP contribution in [0.2, 0.25) is 0 Å². The third-order valence-electron chi connectivity index (χ3n) is 5.04. The van der Waals surface area contributed by atoms with Crippen LogP contribution in [0.5, 0.6) is 0 Å². The van der Waals surface area contributed by atoms with Gasteiger partial charge in [0.05, 0.1) is 5.76 Å². The Kier molecular flexibility index (Phi) is 21.1. The lowest BCUT2D eigenvalue weighted by Crippen LogP contribution is -1.88. The molecule has 0 aromatic heterocycles. The molecule has 25 heavy (non-hydrogen) atoms. The third-order valence-corrected chi connectivity index (χ3v) is 5.04. The van der Waals surface area contributed by atoms with Crippen molar-refractivity contribution in [3.8, 4) is 0 Å². The van der Waals surface area contributed by atoms with E-state index in [9.17, 15) is 0 Å². The van der Waals surface area contributed by atoms with Crippen molar-refractivity contribution in [1.82, 2.24) is 0 Å². The van der Waals surface area contributed by atoms with Crippen LogP contribution in [0.1, 0.15) is 129 Å². The number of hydrogen-bond donors (Lipinski definition) is 2. The topological polar surface area (TPSA) is 40.5 Å². The Hall–Kier alpha value is -0.500. The normalized spacial score (nSPS) is 13.0. The summed E-state index contributed by atoms with van der Waals surface area (Å²) in [5.74, 6) is 0.560. The van der Waals surface area contributed by atoms with Gasteiger partial charge in [-0.2, -0.15) is 0 Å². The van der Waals surface area contributed by atoms with Gasteiger partial charge in [-0.25, -0.2) is 0 Å². The summed E-state index contributed by atoms with van der Waals surface area (Å²) in [5, 5.41) is 17.0. The average molecular weight is 355 g/mol.